The Hall–Kier alpha value is -1.18. The van der Waals surface area contributed by atoms with Crippen LogP contribution in [0.2, 0.25) is 0 Å². The minimum atomic E-state index is -0.459. The molecule has 2 rings (SSSR count). The summed E-state index contributed by atoms with van der Waals surface area (Å²) < 4.78 is 6.77. The minimum absolute atomic E-state index is 0.0667. The van der Waals surface area contributed by atoms with E-state index in [1.807, 2.05) is 0 Å². The highest BCUT2D eigenvalue weighted by Gasteiger charge is 2.27. The average molecular weight is 317 g/mol. The molecular formula is C11H13BrN2O4. The predicted molar refractivity (Wildman–Crippen MR) is 69.8 cm³/mol. The van der Waals surface area contributed by atoms with Crippen LogP contribution >= 0.6 is 15.9 Å². The Morgan fingerprint density at radius 1 is 1.61 bits per heavy atom. The van der Waals surface area contributed by atoms with Crippen molar-refractivity contribution in [1.29, 1.82) is 0 Å². The topological polar surface area (TPSA) is 84.3 Å². The monoisotopic (exact) mass is 316 g/mol. The van der Waals surface area contributed by atoms with Crippen LogP contribution in [0.4, 0.5) is 0 Å². The molecule has 1 aliphatic rings. The lowest BCUT2D eigenvalue weighted by Crippen LogP contribution is -2.33. The second kappa shape index (κ2) is 5.64. The van der Waals surface area contributed by atoms with Crippen LogP contribution in [0.15, 0.2) is 20.8 Å². The largest absolute Gasteiger partial charge is 0.394 e. The van der Waals surface area contributed by atoms with Gasteiger partial charge in [0, 0.05) is 6.20 Å². The number of aromatic amines is 1. The molecule has 1 aromatic rings. The maximum absolute atomic E-state index is 11.7. The van der Waals surface area contributed by atoms with Gasteiger partial charge >= 0.3 is 5.69 Å². The predicted octanol–water partition coefficient (Wildman–Crippen LogP) is 0.225. The SMILES string of the molecule is O=c1[nH]c(=O)n([C@@H]2CO[C@H](CO)C2)cc1/C=C/Br. The highest BCUT2D eigenvalue weighted by atomic mass is 79.9. The number of nitrogens with one attached hydrogen (secondary N) is 1. The summed E-state index contributed by atoms with van der Waals surface area (Å²) in [6.07, 6.45) is 3.38. The van der Waals surface area contributed by atoms with Crippen molar-refractivity contribution in [2.75, 3.05) is 13.2 Å². The molecule has 0 radical (unpaired) electrons. The van der Waals surface area contributed by atoms with E-state index in [1.54, 1.807) is 11.1 Å². The molecule has 1 saturated heterocycles. The molecule has 0 aliphatic carbocycles. The van der Waals surface area contributed by atoms with Gasteiger partial charge in [0.1, 0.15) is 0 Å². The number of hydrogen-bond donors (Lipinski definition) is 2. The highest BCUT2D eigenvalue weighted by molar-refractivity contribution is 9.11. The molecule has 1 fully saturated rings. The summed E-state index contributed by atoms with van der Waals surface area (Å²) in [5.41, 5.74) is -0.498. The fourth-order valence-electron chi connectivity index (χ4n) is 1.97. The number of halogens is 1. The van der Waals surface area contributed by atoms with E-state index in [1.165, 1.54) is 10.8 Å². The van der Waals surface area contributed by atoms with Crippen molar-refractivity contribution >= 4 is 22.0 Å². The summed E-state index contributed by atoms with van der Waals surface area (Å²) >= 11 is 3.09. The normalized spacial score (nSPS) is 23.9. The Labute approximate surface area is 111 Å². The maximum Gasteiger partial charge on any atom is 0.328 e. The van der Waals surface area contributed by atoms with Crippen molar-refractivity contribution in [3.8, 4) is 0 Å². The molecule has 0 bridgehead atoms. The maximum atomic E-state index is 11.7. The Kier molecular flexibility index (Phi) is 4.15. The van der Waals surface area contributed by atoms with Crippen molar-refractivity contribution in [3.05, 3.63) is 37.6 Å². The van der Waals surface area contributed by atoms with E-state index in [4.69, 9.17) is 9.84 Å². The lowest BCUT2D eigenvalue weighted by molar-refractivity contribution is 0.0574. The molecule has 18 heavy (non-hydrogen) atoms. The van der Waals surface area contributed by atoms with Gasteiger partial charge in [0.15, 0.2) is 0 Å². The molecule has 1 aromatic heterocycles. The zero-order chi connectivity index (χ0) is 13.1. The first kappa shape index (κ1) is 13.3. The van der Waals surface area contributed by atoms with E-state index in [-0.39, 0.29) is 18.8 Å². The first-order chi connectivity index (χ1) is 8.65. The first-order valence-corrected chi connectivity index (χ1v) is 6.42. The number of aliphatic hydroxyl groups excluding tert-OH is 1. The molecule has 98 valence electrons. The van der Waals surface area contributed by atoms with Gasteiger partial charge in [0.05, 0.1) is 30.9 Å². The van der Waals surface area contributed by atoms with Crippen molar-refractivity contribution < 1.29 is 9.84 Å². The molecule has 0 saturated carbocycles. The standard InChI is InChI=1S/C11H13BrN2O4/c12-2-1-7-4-14(11(17)13-10(7)16)8-3-9(5-15)18-6-8/h1-2,4,8-9,15H,3,5-6H2,(H,13,16,17)/b2-1+/t8-,9-/m0/s1. The molecule has 1 aliphatic heterocycles. The van der Waals surface area contributed by atoms with Crippen LogP contribution in [0.5, 0.6) is 0 Å². The Bertz CT molecular complexity index is 563. The van der Waals surface area contributed by atoms with Gasteiger partial charge in [-0.05, 0) is 17.5 Å². The molecule has 0 aromatic carbocycles. The van der Waals surface area contributed by atoms with Crippen LogP contribution in [0.1, 0.15) is 18.0 Å². The van der Waals surface area contributed by atoms with Crippen molar-refractivity contribution in [3.63, 3.8) is 0 Å². The van der Waals surface area contributed by atoms with E-state index in [2.05, 4.69) is 20.9 Å². The lowest BCUT2D eigenvalue weighted by atomic mass is 10.2. The number of aromatic nitrogens is 2. The van der Waals surface area contributed by atoms with E-state index in [0.717, 1.165) is 0 Å². The van der Waals surface area contributed by atoms with Gasteiger partial charge in [-0.25, -0.2) is 4.79 Å². The van der Waals surface area contributed by atoms with Crippen molar-refractivity contribution in [2.24, 2.45) is 0 Å². The van der Waals surface area contributed by atoms with Crippen LogP contribution in [0.3, 0.4) is 0 Å². The summed E-state index contributed by atoms with van der Waals surface area (Å²) in [4.78, 5) is 27.1. The van der Waals surface area contributed by atoms with Crippen LogP contribution in [-0.4, -0.2) is 34.0 Å². The van der Waals surface area contributed by atoms with Gasteiger partial charge in [-0.2, -0.15) is 0 Å². The van der Waals surface area contributed by atoms with E-state index in [9.17, 15) is 9.59 Å². The van der Waals surface area contributed by atoms with Crippen LogP contribution < -0.4 is 11.2 Å². The summed E-state index contributed by atoms with van der Waals surface area (Å²) in [5, 5.41) is 9.00. The average Bonchev–Trinajstić information content (AvgIpc) is 2.81. The molecule has 6 nitrogen and oxygen atoms in total. The van der Waals surface area contributed by atoms with Gasteiger partial charge in [-0.15, -0.1) is 0 Å². The first-order valence-electron chi connectivity index (χ1n) is 5.50. The summed E-state index contributed by atoms with van der Waals surface area (Å²) in [6.45, 7) is 0.289. The number of hydrogen-bond acceptors (Lipinski definition) is 4. The zero-order valence-corrected chi connectivity index (χ0v) is 11.1. The molecule has 2 heterocycles. The van der Waals surface area contributed by atoms with E-state index < -0.39 is 11.2 Å². The summed E-state index contributed by atoms with van der Waals surface area (Å²) in [5.74, 6) is 0. The number of aliphatic hydroxyl groups is 1. The smallest absolute Gasteiger partial charge is 0.328 e. The lowest BCUT2D eigenvalue weighted by Gasteiger charge is -2.12. The second-order valence-electron chi connectivity index (χ2n) is 4.07. The fourth-order valence-corrected chi connectivity index (χ4v) is 2.25. The number of nitrogens with zero attached hydrogens (tertiary/aromatic N) is 1. The number of H-pyrrole nitrogens is 1. The van der Waals surface area contributed by atoms with Crippen molar-refractivity contribution in [2.45, 2.75) is 18.6 Å². The Balaban J connectivity index is 2.36. The van der Waals surface area contributed by atoms with Crippen LogP contribution in [0, 0.1) is 0 Å². The highest BCUT2D eigenvalue weighted by Crippen LogP contribution is 2.22. The third-order valence-electron chi connectivity index (χ3n) is 2.89. The van der Waals surface area contributed by atoms with Gasteiger partial charge in [0.2, 0.25) is 0 Å². The Morgan fingerprint density at radius 2 is 2.39 bits per heavy atom. The van der Waals surface area contributed by atoms with Gasteiger partial charge < -0.3 is 9.84 Å². The third-order valence-corrected chi connectivity index (χ3v) is 3.16. The molecule has 2 N–H and O–H groups in total. The van der Waals surface area contributed by atoms with E-state index >= 15 is 0 Å². The minimum Gasteiger partial charge on any atom is -0.394 e. The van der Waals surface area contributed by atoms with Crippen LogP contribution in [-0.2, 0) is 4.74 Å². The fraction of sp³-hybridized carbons (Fsp3) is 0.455. The van der Waals surface area contributed by atoms with E-state index in [0.29, 0.717) is 18.6 Å². The summed E-state index contributed by atoms with van der Waals surface area (Å²) in [6, 6.07) is -0.158. The molecule has 0 unspecified atom stereocenters. The van der Waals surface area contributed by atoms with Gasteiger partial charge in [0.25, 0.3) is 5.56 Å². The third kappa shape index (κ3) is 2.63. The second-order valence-corrected chi connectivity index (χ2v) is 4.60. The molecule has 0 amide bonds. The number of rotatable bonds is 3. The van der Waals surface area contributed by atoms with Crippen LogP contribution in [0.25, 0.3) is 6.08 Å². The van der Waals surface area contributed by atoms with Crippen molar-refractivity contribution in [1.82, 2.24) is 9.55 Å². The number of ether oxygens (including phenoxy) is 1. The molecular weight excluding hydrogens is 304 g/mol. The van der Waals surface area contributed by atoms with Gasteiger partial charge in [-0.1, -0.05) is 15.9 Å². The molecule has 0 spiro atoms. The quantitative estimate of drug-likeness (QED) is 0.835. The summed E-state index contributed by atoms with van der Waals surface area (Å²) in [7, 11) is 0. The van der Waals surface area contributed by atoms with Gasteiger partial charge in [-0.3, -0.25) is 14.3 Å². The molecule has 2 atom stereocenters. The Morgan fingerprint density at radius 3 is 3.00 bits per heavy atom. The zero-order valence-electron chi connectivity index (χ0n) is 9.51. The molecule has 7 heteroatoms.